The summed E-state index contributed by atoms with van der Waals surface area (Å²) < 4.78 is 15.5. The van der Waals surface area contributed by atoms with E-state index in [2.05, 4.69) is 20.4 Å². The van der Waals surface area contributed by atoms with E-state index in [1.54, 1.807) is 23.0 Å². The van der Waals surface area contributed by atoms with Crippen LogP contribution < -0.4 is 5.32 Å². The zero-order chi connectivity index (χ0) is 22.0. The molecule has 4 heterocycles. The Morgan fingerprint density at radius 3 is 2.81 bits per heavy atom. The first-order chi connectivity index (χ1) is 15.5. The fourth-order valence-electron chi connectivity index (χ4n) is 5.52. The molecule has 8 nitrogen and oxygen atoms in total. The van der Waals surface area contributed by atoms with Gasteiger partial charge in [0.1, 0.15) is 17.0 Å². The molecule has 0 saturated heterocycles. The van der Waals surface area contributed by atoms with Crippen molar-refractivity contribution in [2.45, 2.75) is 31.7 Å². The molecule has 0 amide bonds. The minimum atomic E-state index is -0.770. The fourth-order valence-corrected chi connectivity index (χ4v) is 5.72. The van der Waals surface area contributed by atoms with Crippen LogP contribution in [-0.2, 0) is 4.79 Å². The molecule has 0 aliphatic heterocycles. The molecule has 0 aromatic carbocycles. The number of rotatable bonds is 4. The van der Waals surface area contributed by atoms with E-state index in [4.69, 9.17) is 16.6 Å². The molecule has 4 aromatic heterocycles. The molecular weight excluding hydrogens is 435 g/mol. The van der Waals surface area contributed by atoms with E-state index in [0.717, 1.165) is 31.9 Å². The van der Waals surface area contributed by atoms with Gasteiger partial charge in [0.05, 0.1) is 17.1 Å². The Kier molecular flexibility index (Phi) is 4.36. The maximum Gasteiger partial charge on any atom is 0.308 e. The third kappa shape index (κ3) is 3.02. The summed E-state index contributed by atoms with van der Waals surface area (Å²) in [6.07, 6.45) is 8.43. The van der Waals surface area contributed by atoms with Gasteiger partial charge in [0.25, 0.3) is 0 Å². The Hall–Kier alpha value is -3.20. The van der Waals surface area contributed by atoms with Crippen LogP contribution in [0.2, 0.25) is 5.02 Å². The second-order valence-corrected chi connectivity index (χ2v) is 9.17. The summed E-state index contributed by atoms with van der Waals surface area (Å²) in [6.45, 7) is 0. The van der Waals surface area contributed by atoms with Gasteiger partial charge in [-0.2, -0.15) is 0 Å². The highest BCUT2D eigenvalue weighted by atomic mass is 35.5. The molecule has 3 saturated carbocycles. The number of anilines is 1. The molecule has 0 radical (unpaired) electrons. The number of carbonyl (C=O) groups is 1. The van der Waals surface area contributed by atoms with Crippen molar-refractivity contribution >= 4 is 39.9 Å². The molecule has 10 heteroatoms. The van der Waals surface area contributed by atoms with Crippen molar-refractivity contribution < 1.29 is 14.3 Å². The molecule has 2 unspecified atom stereocenters. The average Bonchev–Trinajstić information content (AvgIpc) is 3.36. The van der Waals surface area contributed by atoms with Crippen molar-refractivity contribution in [1.29, 1.82) is 0 Å². The summed E-state index contributed by atoms with van der Waals surface area (Å²) in [7, 11) is 0. The summed E-state index contributed by atoms with van der Waals surface area (Å²) >= 11 is 6.26. The number of nitrogens with one attached hydrogen (secondary N) is 2. The fraction of sp³-hybridized carbons (Fsp3) is 0.364. The lowest BCUT2D eigenvalue weighted by molar-refractivity contribution is -0.148. The van der Waals surface area contributed by atoms with E-state index < -0.39 is 17.7 Å². The van der Waals surface area contributed by atoms with Gasteiger partial charge < -0.3 is 15.4 Å². The van der Waals surface area contributed by atoms with Gasteiger partial charge in [-0.05, 0) is 49.7 Å². The topological polar surface area (TPSA) is 108 Å². The SMILES string of the molecule is O=C(O)C1C2CCC(CC2)C1Nc1nc(-c2c[nH]c3ncc(F)cc23)nn2cc(Cl)cc12. The standard InChI is InChI=1S/C22H20ClFN6O2/c23-12-5-16-21(27-18-11-3-1-10(2-4-11)17(18)22(31)32)28-20(29-30(16)9-12)15-8-26-19-14(15)6-13(24)7-25-19/h5-11,17-18H,1-4H2,(H,25,26)(H,31,32)(H,27,28,29). The molecule has 3 fully saturated rings. The molecule has 164 valence electrons. The van der Waals surface area contributed by atoms with Gasteiger partial charge in [-0.1, -0.05) is 11.6 Å². The minimum Gasteiger partial charge on any atom is -0.481 e. The maximum atomic E-state index is 13.9. The first-order valence-corrected chi connectivity index (χ1v) is 11.0. The Morgan fingerprint density at radius 1 is 1.25 bits per heavy atom. The number of H-pyrrole nitrogens is 1. The van der Waals surface area contributed by atoms with Crippen LogP contribution in [0.1, 0.15) is 25.7 Å². The largest absolute Gasteiger partial charge is 0.481 e. The van der Waals surface area contributed by atoms with Crippen LogP contribution in [0.3, 0.4) is 0 Å². The summed E-state index contributed by atoms with van der Waals surface area (Å²) in [6, 6.07) is 2.92. The van der Waals surface area contributed by atoms with E-state index in [9.17, 15) is 14.3 Å². The number of nitrogens with zero attached hydrogens (tertiary/aromatic N) is 4. The highest BCUT2D eigenvalue weighted by Gasteiger charge is 2.47. The monoisotopic (exact) mass is 454 g/mol. The number of hydrogen-bond acceptors (Lipinski definition) is 5. The Balaban J connectivity index is 1.48. The van der Waals surface area contributed by atoms with Crippen molar-refractivity contribution in [2.75, 3.05) is 5.32 Å². The van der Waals surface area contributed by atoms with E-state index >= 15 is 0 Å². The number of pyridine rings is 1. The number of fused-ring (bicyclic) bond motifs is 5. The first kappa shape index (κ1) is 19.5. The van der Waals surface area contributed by atoms with Gasteiger partial charge >= 0.3 is 5.97 Å². The average molecular weight is 455 g/mol. The molecule has 3 N–H and O–H groups in total. The predicted octanol–water partition coefficient (Wildman–Crippen LogP) is 4.37. The van der Waals surface area contributed by atoms with Gasteiger partial charge in [0, 0.05) is 29.4 Å². The molecule has 0 spiro atoms. The number of halogens is 2. The first-order valence-electron chi connectivity index (χ1n) is 10.7. The van der Waals surface area contributed by atoms with Gasteiger partial charge in [-0.25, -0.2) is 18.9 Å². The van der Waals surface area contributed by atoms with Crippen LogP contribution in [0.5, 0.6) is 0 Å². The number of aromatic amines is 1. The normalized spacial score (nSPS) is 24.9. The van der Waals surface area contributed by atoms with Crippen LogP contribution in [0.4, 0.5) is 10.2 Å². The predicted molar refractivity (Wildman–Crippen MR) is 117 cm³/mol. The maximum absolute atomic E-state index is 13.9. The van der Waals surface area contributed by atoms with Gasteiger partial charge in [0.15, 0.2) is 11.6 Å². The molecule has 2 atom stereocenters. The zero-order valence-corrected chi connectivity index (χ0v) is 17.7. The van der Waals surface area contributed by atoms with Gasteiger partial charge in [-0.15, -0.1) is 5.10 Å². The second-order valence-electron chi connectivity index (χ2n) is 8.73. The quantitative estimate of drug-likeness (QED) is 0.422. The highest BCUT2D eigenvalue weighted by molar-refractivity contribution is 6.31. The van der Waals surface area contributed by atoms with Gasteiger partial charge in [-0.3, -0.25) is 4.79 Å². The van der Waals surface area contributed by atoms with Crippen molar-refractivity contribution in [3.05, 3.63) is 41.6 Å². The lowest BCUT2D eigenvalue weighted by Gasteiger charge is -2.47. The lowest BCUT2D eigenvalue weighted by atomic mass is 9.61. The minimum absolute atomic E-state index is 0.172. The van der Waals surface area contributed by atoms with Crippen molar-refractivity contribution in [3.8, 4) is 11.4 Å². The molecular formula is C22H20ClFN6O2. The van der Waals surface area contributed by atoms with Crippen molar-refractivity contribution in [3.63, 3.8) is 0 Å². The lowest BCUT2D eigenvalue weighted by Crippen LogP contribution is -2.51. The summed E-state index contributed by atoms with van der Waals surface area (Å²) in [5.74, 6) is -0.360. The molecule has 3 aliphatic carbocycles. The zero-order valence-electron chi connectivity index (χ0n) is 16.9. The van der Waals surface area contributed by atoms with E-state index in [1.807, 2.05) is 0 Å². The third-order valence-electron chi connectivity index (χ3n) is 6.98. The number of carboxylic acids is 1. The molecule has 2 bridgehead atoms. The summed E-state index contributed by atoms with van der Waals surface area (Å²) in [5, 5.41) is 19.0. The second kappa shape index (κ2) is 7.16. The molecule has 32 heavy (non-hydrogen) atoms. The number of carboxylic acid groups (broad SMARTS) is 1. The van der Waals surface area contributed by atoms with Crippen molar-refractivity contribution in [1.82, 2.24) is 24.6 Å². The molecule has 3 aliphatic rings. The third-order valence-corrected chi connectivity index (χ3v) is 7.18. The van der Waals surface area contributed by atoms with Gasteiger partial charge in [0.2, 0.25) is 0 Å². The van der Waals surface area contributed by atoms with Crippen LogP contribution in [0, 0.1) is 23.6 Å². The van der Waals surface area contributed by atoms with E-state index in [1.165, 1.54) is 6.07 Å². The Labute approximate surface area is 186 Å². The molecule has 4 aromatic rings. The number of aromatic nitrogens is 5. The van der Waals surface area contributed by atoms with Crippen molar-refractivity contribution in [2.24, 2.45) is 17.8 Å². The number of hydrogen-bond donors (Lipinski definition) is 3. The Bertz CT molecular complexity index is 1360. The van der Waals surface area contributed by atoms with E-state index in [0.29, 0.717) is 38.8 Å². The molecule has 7 rings (SSSR count). The van der Waals surface area contributed by atoms with E-state index in [-0.39, 0.29) is 17.9 Å². The summed E-state index contributed by atoms with van der Waals surface area (Å²) in [4.78, 5) is 23.9. The Morgan fingerprint density at radius 2 is 2.03 bits per heavy atom. The van der Waals surface area contributed by atoms with Crippen LogP contribution in [-0.4, -0.2) is 41.7 Å². The van der Waals surface area contributed by atoms with Crippen LogP contribution in [0.25, 0.3) is 27.9 Å². The summed E-state index contributed by atoms with van der Waals surface area (Å²) in [5.41, 5.74) is 1.79. The smallest absolute Gasteiger partial charge is 0.308 e. The highest BCUT2D eigenvalue weighted by Crippen LogP contribution is 2.46. The van der Waals surface area contributed by atoms with Crippen LogP contribution in [0.15, 0.2) is 30.7 Å². The number of aliphatic carboxylic acids is 1. The van der Waals surface area contributed by atoms with Crippen LogP contribution >= 0.6 is 11.6 Å².